The van der Waals surface area contributed by atoms with Gasteiger partial charge in [-0.05, 0) is 112 Å². The monoisotopic (exact) mass is 969 g/mol. The maximum Gasteiger partial charge on any atom is 0.333 e. The van der Waals surface area contributed by atoms with Crippen LogP contribution >= 0.6 is 11.3 Å². The van der Waals surface area contributed by atoms with Crippen LogP contribution < -0.4 is 30.2 Å². The number of ether oxygens (including phenoxy) is 2. The molecular weight excluding hydrogens is 926 g/mol. The third kappa shape index (κ3) is 5.88. The number of anilines is 6. The summed E-state index contributed by atoms with van der Waals surface area (Å²) in [6.45, 7) is 6.58. The van der Waals surface area contributed by atoms with E-state index in [1.165, 1.54) is 42.2 Å². The van der Waals surface area contributed by atoms with E-state index in [9.17, 15) is 0 Å². The molecule has 0 amide bonds. The van der Waals surface area contributed by atoms with Gasteiger partial charge in [0.15, 0.2) is 23.0 Å². The maximum absolute atomic E-state index is 7.29. The third-order valence-corrected chi connectivity index (χ3v) is 16.7. The summed E-state index contributed by atoms with van der Waals surface area (Å²) in [6, 6.07) is 76.6. The lowest BCUT2D eigenvalue weighted by atomic mass is 9.45. The van der Waals surface area contributed by atoms with E-state index in [1.807, 2.05) is 35.6 Å². The quantitative estimate of drug-likeness (QED) is 0.161. The van der Waals surface area contributed by atoms with Crippen LogP contribution in [0.2, 0.25) is 0 Å². The maximum atomic E-state index is 7.29. The molecule has 0 aliphatic carbocycles. The van der Waals surface area contributed by atoms with E-state index in [0.717, 1.165) is 83.8 Å². The first kappa shape index (κ1) is 41.6. The smallest absolute Gasteiger partial charge is 0.333 e. The summed E-state index contributed by atoms with van der Waals surface area (Å²) in [6.07, 6.45) is 0. The number of benzene rings is 10. The first-order valence-corrected chi connectivity index (χ1v) is 26.2. The molecule has 13 aromatic rings. The number of thiophene rings is 1. The van der Waals surface area contributed by atoms with Crippen molar-refractivity contribution in [2.24, 2.45) is 0 Å². The highest BCUT2D eigenvalue weighted by Gasteiger charge is 2.47. The Bertz CT molecular complexity index is 4460. The minimum absolute atomic E-state index is 0.0956. The van der Waals surface area contributed by atoms with Gasteiger partial charge in [0.2, 0.25) is 0 Å². The minimum atomic E-state index is -0.306. The Balaban J connectivity index is 1.10. The van der Waals surface area contributed by atoms with E-state index in [0.29, 0.717) is 23.0 Å². The Hall–Kier alpha value is -8.98. The van der Waals surface area contributed by atoms with Crippen LogP contribution in [0.3, 0.4) is 0 Å². The number of hydrogen-bond acceptors (Lipinski definition) is 6. The van der Waals surface area contributed by atoms with Crippen molar-refractivity contribution in [3.63, 3.8) is 0 Å². The van der Waals surface area contributed by atoms with Gasteiger partial charge in [-0.3, -0.25) is 0 Å². The molecule has 0 spiro atoms. The predicted molar refractivity (Wildman–Crippen MR) is 308 cm³/mol. The van der Waals surface area contributed by atoms with E-state index < -0.39 is 0 Å². The number of aromatic nitrogens is 1. The number of para-hydroxylation sites is 5. The van der Waals surface area contributed by atoms with Crippen LogP contribution in [0, 0.1) is 0 Å². The molecular formula is C66H44BN3O3S. The van der Waals surface area contributed by atoms with Gasteiger partial charge in [-0.1, -0.05) is 142 Å². The molecule has 0 saturated heterocycles. The lowest BCUT2D eigenvalue weighted by molar-refractivity contribution is 0.360. The molecule has 0 N–H and O–H groups in total. The molecule has 3 aliphatic rings. The van der Waals surface area contributed by atoms with Crippen molar-refractivity contribution in [1.29, 1.82) is 0 Å². The van der Waals surface area contributed by atoms with Crippen molar-refractivity contribution in [2.75, 3.05) is 9.80 Å². The zero-order valence-corrected chi connectivity index (χ0v) is 41.6. The fraction of sp³-hybridized carbons (Fsp3) is 0.0606. The van der Waals surface area contributed by atoms with Crippen molar-refractivity contribution in [1.82, 2.24) is 4.48 Å². The van der Waals surface area contributed by atoms with E-state index in [4.69, 9.17) is 13.9 Å². The Labute approximate surface area is 431 Å². The Morgan fingerprint density at radius 2 is 1.14 bits per heavy atom. The second kappa shape index (κ2) is 15.3. The average molecular weight is 970 g/mol. The molecule has 0 bridgehead atoms. The summed E-state index contributed by atoms with van der Waals surface area (Å²) < 4.78 is 26.2. The molecule has 3 aliphatic heterocycles. The van der Waals surface area contributed by atoms with Crippen LogP contribution in [0.5, 0.6) is 23.0 Å². The van der Waals surface area contributed by atoms with Crippen molar-refractivity contribution in [2.45, 2.75) is 26.2 Å². The molecule has 6 heterocycles. The molecule has 0 radical (unpaired) electrons. The van der Waals surface area contributed by atoms with Gasteiger partial charge >= 0.3 is 6.85 Å². The fourth-order valence-electron chi connectivity index (χ4n) is 12.2. The van der Waals surface area contributed by atoms with Crippen LogP contribution in [0.25, 0.3) is 75.4 Å². The van der Waals surface area contributed by atoms with Gasteiger partial charge < -0.3 is 28.2 Å². The fourth-order valence-corrected chi connectivity index (χ4v) is 13.4. The summed E-state index contributed by atoms with van der Waals surface area (Å²) in [4.78, 5) is 4.92. The highest BCUT2D eigenvalue weighted by Crippen LogP contribution is 2.56. The zero-order valence-electron chi connectivity index (χ0n) is 40.8. The topological polar surface area (TPSA) is 43.0 Å². The van der Waals surface area contributed by atoms with Crippen molar-refractivity contribution in [3.05, 3.63) is 218 Å². The zero-order chi connectivity index (χ0) is 49.0. The molecule has 0 fully saturated rings. The SMILES string of the molecule is CC(C)(C)c1ccc(N2c3cc4c(cc3B3c5c2cc2c(oc6ccccc62)c5-c2cc(N(c5ccccc5)c5ccccc5)cc5c6sc7ccccc7c6n3c25)Oc2ccccc2O4)c(-c2ccccc2)c1. The Kier molecular flexibility index (Phi) is 8.59. The average Bonchev–Trinajstić information content (AvgIpc) is 4.23. The van der Waals surface area contributed by atoms with Gasteiger partial charge in [-0.2, -0.15) is 0 Å². The van der Waals surface area contributed by atoms with Crippen LogP contribution in [0.4, 0.5) is 34.1 Å². The number of hydrogen-bond donors (Lipinski definition) is 0. The van der Waals surface area contributed by atoms with Gasteiger partial charge in [-0.25, -0.2) is 0 Å². The second-order valence-corrected chi connectivity index (χ2v) is 21.8. The second-order valence-electron chi connectivity index (χ2n) is 20.8. The molecule has 0 unspecified atom stereocenters. The molecule has 10 aromatic carbocycles. The highest BCUT2D eigenvalue weighted by molar-refractivity contribution is 7.27. The lowest BCUT2D eigenvalue weighted by Crippen LogP contribution is -2.56. The summed E-state index contributed by atoms with van der Waals surface area (Å²) in [5.41, 5.74) is 18.5. The highest BCUT2D eigenvalue weighted by atomic mass is 32.1. The minimum Gasteiger partial charge on any atom is -0.455 e. The van der Waals surface area contributed by atoms with Crippen molar-refractivity contribution < 1.29 is 13.9 Å². The van der Waals surface area contributed by atoms with Gasteiger partial charge in [0.1, 0.15) is 11.2 Å². The van der Waals surface area contributed by atoms with Crippen LogP contribution in [0.15, 0.2) is 217 Å². The van der Waals surface area contributed by atoms with E-state index >= 15 is 0 Å². The molecule has 350 valence electrons. The van der Waals surface area contributed by atoms with Crippen molar-refractivity contribution in [3.8, 4) is 45.3 Å². The molecule has 16 rings (SSSR count). The summed E-state index contributed by atoms with van der Waals surface area (Å²) >= 11 is 1.88. The molecule has 0 atom stereocenters. The van der Waals surface area contributed by atoms with Crippen LogP contribution in [-0.2, 0) is 5.41 Å². The normalized spacial score (nSPS) is 13.2. The molecule has 3 aromatic heterocycles. The Morgan fingerprint density at radius 3 is 1.86 bits per heavy atom. The molecule has 6 nitrogen and oxygen atoms in total. The number of furan rings is 1. The summed E-state index contributed by atoms with van der Waals surface area (Å²) in [5, 5.41) is 4.57. The van der Waals surface area contributed by atoms with E-state index in [2.05, 4.69) is 223 Å². The molecule has 8 heteroatoms. The Morgan fingerprint density at radius 1 is 0.486 bits per heavy atom. The summed E-state index contributed by atoms with van der Waals surface area (Å²) in [7, 11) is 0. The van der Waals surface area contributed by atoms with E-state index in [1.54, 1.807) is 0 Å². The van der Waals surface area contributed by atoms with E-state index in [-0.39, 0.29) is 12.3 Å². The van der Waals surface area contributed by atoms with Gasteiger partial charge in [0, 0.05) is 83.0 Å². The standard InChI is InChI=1S/C66H44BN3O3S/c1-66(2,3)40-31-32-51(46(33-40)39-19-7-4-8-20-39)69-52-38-58-57(71-55-28-16-17-29-56(55)72-58)37-50(52)67-61-53(69)36-47-44-25-13-15-27-54(44)73-64(47)60(61)48-34-43(68(41-21-9-5-10-22-41)42-23-11-6-12-24-42)35-49-62(48)70(67)63-45-26-14-18-30-59(45)74-65(49)63/h4-38H,1-3H3. The van der Waals surface area contributed by atoms with Crippen LogP contribution in [-0.4, -0.2) is 11.3 Å². The van der Waals surface area contributed by atoms with Gasteiger partial charge in [0.05, 0.1) is 15.9 Å². The number of fused-ring (bicyclic) bond motifs is 15. The summed E-state index contributed by atoms with van der Waals surface area (Å²) in [5.74, 6) is 2.74. The van der Waals surface area contributed by atoms with Gasteiger partial charge in [-0.15, -0.1) is 11.3 Å². The predicted octanol–water partition coefficient (Wildman–Crippen LogP) is 17.7. The van der Waals surface area contributed by atoms with Gasteiger partial charge in [0.25, 0.3) is 0 Å². The third-order valence-electron chi connectivity index (χ3n) is 15.5. The lowest BCUT2D eigenvalue weighted by Gasteiger charge is -2.42. The van der Waals surface area contributed by atoms with Crippen LogP contribution in [0.1, 0.15) is 26.3 Å². The first-order chi connectivity index (χ1) is 36.3. The molecule has 0 saturated carbocycles. The number of nitrogens with zero attached hydrogens (tertiary/aromatic N) is 3. The number of rotatable bonds is 5. The first-order valence-electron chi connectivity index (χ1n) is 25.3. The van der Waals surface area contributed by atoms with Crippen molar-refractivity contribution >= 4 is 116 Å². The largest absolute Gasteiger partial charge is 0.455 e. The molecule has 74 heavy (non-hydrogen) atoms.